The lowest BCUT2D eigenvalue weighted by Crippen LogP contribution is -2.23. The Morgan fingerprint density at radius 3 is 2.83 bits per heavy atom. The van der Waals surface area contributed by atoms with Crippen molar-refractivity contribution in [1.82, 2.24) is 9.55 Å². The SMILES string of the molecule is CCn1c(C)nc2sc3c(c2c1=O)CCCC3=O. The van der Waals surface area contributed by atoms with Gasteiger partial charge in [0, 0.05) is 13.0 Å². The molecule has 5 heteroatoms. The lowest BCUT2D eigenvalue weighted by Gasteiger charge is -2.10. The van der Waals surface area contributed by atoms with Crippen LogP contribution in [0, 0.1) is 6.92 Å². The first-order chi connectivity index (χ1) is 8.63. The maximum atomic E-state index is 12.4. The molecule has 0 fully saturated rings. The third-order valence-electron chi connectivity index (χ3n) is 3.50. The number of aryl methyl sites for hydroxylation is 2. The predicted molar refractivity (Wildman–Crippen MR) is 71.6 cm³/mol. The van der Waals surface area contributed by atoms with Gasteiger partial charge in [0.05, 0.1) is 10.3 Å². The summed E-state index contributed by atoms with van der Waals surface area (Å²) in [6.07, 6.45) is 2.27. The van der Waals surface area contributed by atoms with Crippen LogP contribution in [0.25, 0.3) is 10.2 Å². The Bertz CT molecular complexity index is 712. The van der Waals surface area contributed by atoms with Gasteiger partial charge in [0.15, 0.2) is 5.78 Å². The third-order valence-corrected chi connectivity index (χ3v) is 4.67. The Morgan fingerprint density at radius 2 is 2.11 bits per heavy atom. The first-order valence-electron chi connectivity index (χ1n) is 6.19. The first-order valence-corrected chi connectivity index (χ1v) is 7.01. The van der Waals surface area contributed by atoms with E-state index < -0.39 is 0 Å². The van der Waals surface area contributed by atoms with Gasteiger partial charge in [-0.3, -0.25) is 14.2 Å². The molecule has 2 aromatic rings. The number of carbonyl (C=O) groups is 1. The van der Waals surface area contributed by atoms with E-state index in [0.29, 0.717) is 18.4 Å². The minimum absolute atomic E-state index is 0.00667. The highest BCUT2D eigenvalue weighted by atomic mass is 32.1. The highest BCUT2D eigenvalue weighted by Crippen LogP contribution is 2.33. The quantitative estimate of drug-likeness (QED) is 0.792. The number of fused-ring (bicyclic) bond motifs is 3. The molecule has 0 unspecified atom stereocenters. The summed E-state index contributed by atoms with van der Waals surface area (Å²) < 4.78 is 1.68. The number of hydrogen-bond donors (Lipinski definition) is 0. The van der Waals surface area contributed by atoms with Crippen molar-refractivity contribution in [2.75, 3.05) is 0 Å². The van der Waals surface area contributed by atoms with Gasteiger partial charge in [0.2, 0.25) is 0 Å². The normalized spacial score (nSPS) is 15.1. The molecule has 0 aliphatic heterocycles. The highest BCUT2D eigenvalue weighted by Gasteiger charge is 2.25. The van der Waals surface area contributed by atoms with E-state index in [1.807, 2.05) is 13.8 Å². The molecule has 0 amide bonds. The molecule has 94 valence electrons. The summed E-state index contributed by atoms with van der Waals surface area (Å²) >= 11 is 1.38. The van der Waals surface area contributed by atoms with E-state index in [1.54, 1.807) is 4.57 Å². The lowest BCUT2D eigenvalue weighted by atomic mass is 9.96. The zero-order valence-corrected chi connectivity index (χ0v) is 11.3. The van der Waals surface area contributed by atoms with Gasteiger partial charge in [-0.1, -0.05) is 0 Å². The molecule has 2 aromatic heterocycles. The molecule has 0 radical (unpaired) electrons. The number of Topliss-reactive ketones (excluding diaryl/α,β-unsaturated/α-hetero) is 1. The van der Waals surface area contributed by atoms with Gasteiger partial charge in [-0.2, -0.15) is 0 Å². The fraction of sp³-hybridized carbons (Fsp3) is 0.462. The summed E-state index contributed by atoms with van der Waals surface area (Å²) in [5.74, 6) is 0.889. The number of rotatable bonds is 1. The van der Waals surface area contributed by atoms with Crippen LogP contribution in [0.5, 0.6) is 0 Å². The summed E-state index contributed by atoms with van der Waals surface area (Å²) in [5.41, 5.74) is 0.943. The molecule has 0 spiro atoms. The Hall–Kier alpha value is -1.49. The van der Waals surface area contributed by atoms with Crippen molar-refractivity contribution in [2.24, 2.45) is 0 Å². The average molecular weight is 262 g/mol. The number of thiophene rings is 1. The van der Waals surface area contributed by atoms with E-state index >= 15 is 0 Å². The van der Waals surface area contributed by atoms with Crippen LogP contribution < -0.4 is 5.56 Å². The van der Waals surface area contributed by atoms with Crippen molar-refractivity contribution in [3.05, 3.63) is 26.6 Å². The third kappa shape index (κ3) is 1.47. The second-order valence-electron chi connectivity index (χ2n) is 4.58. The first kappa shape index (κ1) is 11.6. The zero-order valence-electron chi connectivity index (χ0n) is 10.4. The molecule has 4 nitrogen and oxygen atoms in total. The van der Waals surface area contributed by atoms with Crippen LogP contribution in [0.3, 0.4) is 0 Å². The second kappa shape index (κ2) is 4.02. The van der Waals surface area contributed by atoms with Crippen LogP contribution >= 0.6 is 11.3 Å². The standard InChI is InChI=1S/C13H14N2O2S/c1-3-15-7(2)14-12-10(13(15)17)8-5-4-6-9(16)11(8)18-12/h3-6H2,1-2H3. The molecule has 0 N–H and O–H groups in total. The van der Waals surface area contributed by atoms with Gasteiger partial charge in [-0.05, 0) is 32.3 Å². The minimum atomic E-state index is 0.00667. The van der Waals surface area contributed by atoms with Crippen molar-refractivity contribution in [3.63, 3.8) is 0 Å². The van der Waals surface area contributed by atoms with E-state index in [4.69, 9.17) is 0 Å². The van der Waals surface area contributed by atoms with Gasteiger partial charge in [0.25, 0.3) is 5.56 Å². The Balaban J connectivity index is 2.44. The number of hydrogen-bond acceptors (Lipinski definition) is 4. The summed E-state index contributed by atoms with van der Waals surface area (Å²) in [6.45, 7) is 4.39. The highest BCUT2D eigenvalue weighted by molar-refractivity contribution is 7.20. The number of nitrogens with zero attached hydrogens (tertiary/aromatic N) is 2. The topological polar surface area (TPSA) is 52.0 Å². The molecule has 18 heavy (non-hydrogen) atoms. The van der Waals surface area contributed by atoms with Crippen LogP contribution in [0.4, 0.5) is 0 Å². The summed E-state index contributed by atoms with van der Waals surface area (Å²) in [6, 6.07) is 0. The average Bonchev–Trinajstić information content (AvgIpc) is 2.69. The van der Waals surface area contributed by atoms with Crippen LogP contribution in [0.15, 0.2) is 4.79 Å². The van der Waals surface area contributed by atoms with Crippen molar-refractivity contribution in [2.45, 2.75) is 39.7 Å². The Kier molecular flexibility index (Phi) is 2.59. The lowest BCUT2D eigenvalue weighted by molar-refractivity contribution is 0.0977. The van der Waals surface area contributed by atoms with Crippen LogP contribution in [-0.2, 0) is 13.0 Å². The van der Waals surface area contributed by atoms with Crippen LogP contribution in [-0.4, -0.2) is 15.3 Å². The van der Waals surface area contributed by atoms with E-state index in [9.17, 15) is 9.59 Å². The molecular formula is C13H14N2O2S. The van der Waals surface area contributed by atoms with Crippen LogP contribution in [0.1, 0.15) is 40.8 Å². The Morgan fingerprint density at radius 1 is 1.33 bits per heavy atom. The van der Waals surface area contributed by atoms with Gasteiger partial charge >= 0.3 is 0 Å². The zero-order chi connectivity index (χ0) is 12.9. The number of ketones is 1. The van der Waals surface area contributed by atoms with Gasteiger partial charge in [0.1, 0.15) is 10.7 Å². The molecule has 0 saturated carbocycles. The maximum absolute atomic E-state index is 12.4. The van der Waals surface area contributed by atoms with E-state index in [-0.39, 0.29) is 11.3 Å². The monoisotopic (exact) mass is 262 g/mol. The molecule has 0 bridgehead atoms. The maximum Gasteiger partial charge on any atom is 0.262 e. The fourth-order valence-electron chi connectivity index (χ4n) is 2.62. The van der Waals surface area contributed by atoms with E-state index in [0.717, 1.165) is 33.9 Å². The molecule has 1 aliphatic rings. The van der Waals surface area contributed by atoms with Crippen molar-refractivity contribution in [3.8, 4) is 0 Å². The van der Waals surface area contributed by atoms with Crippen molar-refractivity contribution < 1.29 is 4.79 Å². The number of carbonyl (C=O) groups excluding carboxylic acids is 1. The molecule has 0 aromatic carbocycles. The second-order valence-corrected chi connectivity index (χ2v) is 5.57. The smallest absolute Gasteiger partial charge is 0.262 e. The van der Waals surface area contributed by atoms with Gasteiger partial charge in [-0.25, -0.2) is 4.98 Å². The number of aromatic nitrogens is 2. The summed E-state index contributed by atoms with van der Waals surface area (Å²) in [5, 5.41) is 0.676. The van der Waals surface area contributed by atoms with Crippen LogP contribution in [0.2, 0.25) is 0 Å². The minimum Gasteiger partial charge on any atom is -0.297 e. The molecular weight excluding hydrogens is 248 g/mol. The van der Waals surface area contributed by atoms with Crippen molar-refractivity contribution >= 4 is 27.3 Å². The molecule has 2 heterocycles. The largest absolute Gasteiger partial charge is 0.297 e. The van der Waals surface area contributed by atoms with E-state index in [1.165, 1.54) is 11.3 Å². The Labute approximate surface area is 108 Å². The molecule has 3 rings (SSSR count). The van der Waals surface area contributed by atoms with Gasteiger partial charge < -0.3 is 0 Å². The predicted octanol–water partition coefficient (Wildman–Crippen LogP) is 2.31. The van der Waals surface area contributed by atoms with E-state index in [2.05, 4.69) is 4.98 Å². The summed E-state index contributed by atoms with van der Waals surface area (Å²) in [4.78, 5) is 30.3. The van der Waals surface area contributed by atoms with Gasteiger partial charge in [-0.15, -0.1) is 11.3 Å². The summed E-state index contributed by atoms with van der Waals surface area (Å²) in [7, 11) is 0. The molecule has 1 aliphatic carbocycles. The molecule has 0 atom stereocenters. The fourth-order valence-corrected chi connectivity index (χ4v) is 3.84. The molecule has 0 saturated heterocycles. The van der Waals surface area contributed by atoms with Crippen molar-refractivity contribution in [1.29, 1.82) is 0 Å².